The summed E-state index contributed by atoms with van der Waals surface area (Å²) in [5.74, 6) is 1.49. The van der Waals surface area contributed by atoms with Crippen LogP contribution in [0.25, 0.3) is 0 Å². The van der Waals surface area contributed by atoms with Crippen molar-refractivity contribution in [2.24, 2.45) is 17.8 Å². The van der Waals surface area contributed by atoms with E-state index in [0.717, 1.165) is 39.0 Å². The van der Waals surface area contributed by atoms with Crippen LogP contribution in [0.5, 0.6) is 0 Å². The van der Waals surface area contributed by atoms with E-state index in [4.69, 9.17) is 4.74 Å². The fourth-order valence-corrected chi connectivity index (χ4v) is 5.18. The maximum absolute atomic E-state index is 12.7. The van der Waals surface area contributed by atoms with Crippen molar-refractivity contribution in [3.05, 3.63) is 0 Å². The fraction of sp³-hybridized carbons (Fsp3) is 0.905. The summed E-state index contributed by atoms with van der Waals surface area (Å²) in [6.07, 6.45) is 3.19. The van der Waals surface area contributed by atoms with Crippen molar-refractivity contribution in [3.8, 4) is 0 Å². The number of hydrogen-bond acceptors (Lipinski definition) is 4. The van der Waals surface area contributed by atoms with Gasteiger partial charge in [0.2, 0.25) is 11.8 Å². The van der Waals surface area contributed by atoms with Gasteiger partial charge in [0.25, 0.3) is 0 Å². The van der Waals surface area contributed by atoms with Crippen LogP contribution in [0.2, 0.25) is 0 Å². The Morgan fingerprint density at radius 3 is 2.44 bits per heavy atom. The molecule has 3 fully saturated rings. The standard InChI is InChI=1S/C21H37N3O3/c1-14(2)11-24-12-16(9-19(25)22-15(3)4)21-17(24)13-27-18(21)10-20(26)23-7-5-6-8-23/h14-18,21H,5-13H2,1-4H3,(H,22,25)/t16-,17-,18+,21-/m1/s1. The molecule has 0 aliphatic carbocycles. The number of hydrogen-bond donors (Lipinski definition) is 1. The van der Waals surface area contributed by atoms with E-state index in [-0.39, 0.29) is 35.8 Å². The highest BCUT2D eigenvalue weighted by Crippen LogP contribution is 2.42. The minimum Gasteiger partial charge on any atom is -0.376 e. The van der Waals surface area contributed by atoms with Crippen LogP contribution >= 0.6 is 0 Å². The molecule has 3 rings (SSSR count). The summed E-state index contributed by atoms with van der Waals surface area (Å²) in [6, 6.07) is 0.509. The van der Waals surface area contributed by atoms with Gasteiger partial charge in [-0.2, -0.15) is 0 Å². The Morgan fingerprint density at radius 1 is 1.11 bits per heavy atom. The third-order valence-corrected chi connectivity index (χ3v) is 6.17. The summed E-state index contributed by atoms with van der Waals surface area (Å²) >= 11 is 0. The largest absolute Gasteiger partial charge is 0.376 e. The lowest BCUT2D eigenvalue weighted by molar-refractivity contribution is -0.133. The smallest absolute Gasteiger partial charge is 0.225 e. The molecule has 3 aliphatic heterocycles. The SMILES string of the molecule is CC(C)CN1C[C@@H](CC(=O)NC(C)C)[C@H]2[C@H](CC(=O)N3CCCC3)OC[C@H]21. The van der Waals surface area contributed by atoms with E-state index < -0.39 is 0 Å². The molecule has 0 unspecified atom stereocenters. The molecule has 0 radical (unpaired) electrons. The Kier molecular flexibility index (Phi) is 6.79. The molecular weight excluding hydrogens is 342 g/mol. The summed E-state index contributed by atoms with van der Waals surface area (Å²) in [5, 5.41) is 3.03. The topological polar surface area (TPSA) is 61.9 Å². The first-order valence-corrected chi connectivity index (χ1v) is 10.8. The highest BCUT2D eigenvalue weighted by molar-refractivity contribution is 5.77. The average Bonchev–Trinajstić information content (AvgIpc) is 3.27. The van der Waals surface area contributed by atoms with E-state index in [0.29, 0.717) is 31.4 Å². The van der Waals surface area contributed by atoms with E-state index in [9.17, 15) is 9.59 Å². The molecule has 0 aromatic carbocycles. The van der Waals surface area contributed by atoms with E-state index in [1.165, 1.54) is 0 Å². The molecule has 1 N–H and O–H groups in total. The molecule has 3 saturated heterocycles. The van der Waals surface area contributed by atoms with Gasteiger partial charge in [0, 0.05) is 50.6 Å². The molecule has 0 spiro atoms. The van der Waals surface area contributed by atoms with Crippen LogP contribution in [0.1, 0.15) is 53.4 Å². The molecule has 2 amide bonds. The first kappa shape index (κ1) is 20.6. The van der Waals surface area contributed by atoms with Crippen molar-refractivity contribution in [2.45, 2.75) is 71.6 Å². The quantitative estimate of drug-likeness (QED) is 0.734. The van der Waals surface area contributed by atoms with Gasteiger partial charge in [0.05, 0.1) is 19.1 Å². The van der Waals surface area contributed by atoms with Gasteiger partial charge in [-0.25, -0.2) is 0 Å². The maximum atomic E-state index is 12.7. The second kappa shape index (κ2) is 8.91. The monoisotopic (exact) mass is 379 g/mol. The lowest BCUT2D eigenvalue weighted by Crippen LogP contribution is -2.37. The molecule has 0 aromatic heterocycles. The molecular formula is C21H37N3O3. The predicted molar refractivity (Wildman–Crippen MR) is 105 cm³/mol. The lowest BCUT2D eigenvalue weighted by atomic mass is 9.84. The van der Waals surface area contributed by atoms with Crippen molar-refractivity contribution in [2.75, 3.05) is 32.8 Å². The lowest BCUT2D eigenvalue weighted by Gasteiger charge is -2.25. The highest BCUT2D eigenvalue weighted by atomic mass is 16.5. The number of likely N-dealkylation sites (tertiary alicyclic amines) is 2. The normalized spacial score (nSPS) is 31.1. The minimum absolute atomic E-state index is 0.0443. The molecule has 154 valence electrons. The van der Waals surface area contributed by atoms with Gasteiger partial charge < -0.3 is 15.0 Å². The van der Waals surface area contributed by atoms with E-state index in [2.05, 4.69) is 24.1 Å². The molecule has 3 heterocycles. The number of nitrogens with zero attached hydrogens (tertiary/aromatic N) is 2. The zero-order valence-corrected chi connectivity index (χ0v) is 17.4. The molecule has 6 nitrogen and oxygen atoms in total. The first-order chi connectivity index (χ1) is 12.8. The summed E-state index contributed by atoms with van der Waals surface area (Å²) in [7, 11) is 0. The highest BCUT2D eigenvalue weighted by Gasteiger charge is 2.51. The Morgan fingerprint density at radius 2 is 1.81 bits per heavy atom. The fourth-order valence-electron chi connectivity index (χ4n) is 5.18. The van der Waals surface area contributed by atoms with Gasteiger partial charge in [0.15, 0.2) is 0 Å². The number of fused-ring (bicyclic) bond motifs is 1. The maximum Gasteiger partial charge on any atom is 0.225 e. The summed E-state index contributed by atoms with van der Waals surface area (Å²) in [6.45, 7) is 12.9. The van der Waals surface area contributed by atoms with E-state index >= 15 is 0 Å². The number of rotatable bonds is 7. The molecule has 27 heavy (non-hydrogen) atoms. The minimum atomic E-state index is -0.0443. The van der Waals surface area contributed by atoms with Crippen LogP contribution in [0.15, 0.2) is 0 Å². The second-order valence-corrected chi connectivity index (χ2v) is 9.34. The van der Waals surface area contributed by atoms with Gasteiger partial charge in [-0.1, -0.05) is 13.8 Å². The van der Waals surface area contributed by atoms with Crippen LogP contribution in [-0.2, 0) is 14.3 Å². The molecule has 4 atom stereocenters. The van der Waals surface area contributed by atoms with Gasteiger partial charge in [-0.05, 0) is 38.5 Å². The van der Waals surface area contributed by atoms with Crippen LogP contribution in [-0.4, -0.2) is 72.6 Å². The molecule has 6 heteroatoms. The number of ether oxygens (including phenoxy) is 1. The molecule has 0 aromatic rings. The van der Waals surface area contributed by atoms with Crippen molar-refractivity contribution < 1.29 is 14.3 Å². The van der Waals surface area contributed by atoms with Gasteiger partial charge in [0.1, 0.15) is 0 Å². The zero-order chi connectivity index (χ0) is 19.6. The van der Waals surface area contributed by atoms with Crippen LogP contribution in [0.4, 0.5) is 0 Å². The van der Waals surface area contributed by atoms with Gasteiger partial charge in [-0.3, -0.25) is 14.5 Å². The average molecular weight is 380 g/mol. The van der Waals surface area contributed by atoms with Gasteiger partial charge in [-0.15, -0.1) is 0 Å². The molecule has 0 saturated carbocycles. The van der Waals surface area contributed by atoms with E-state index in [1.807, 2.05) is 18.7 Å². The summed E-state index contributed by atoms with van der Waals surface area (Å²) < 4.78 is 6.13. The van der Waals surface area contributed by atoms with Crippen molar-refractivity contribution in [3.63, 3.8) is 0 Å². The van der Waals surface area contributed by atoms with Crippen LogP contribution in [0, 0.1) is 17.8 Å². The Bertz CT molecular complexity index is 531. The number of carbonyl (C=O) groups is 2. The third-order valence-electron chi connectivity index (χ3n) is 6.17. The van der Waals surface area contributed by atoms with Crippen molar-refractivity contribution in [1.82, 2.24) is 15.1 Å². The summed E-state index contributed by atoms with van der Waals surface area (Å²) in [4.78, 5) is 29.6. The third kappa shape index (κ3) is 5.02. The Labute approximate surface area is 164 Å². The van der Waals surface area contributed by atoms with Crippen LogP contribution in [0.3, 0.4) is 0 Å². The molecule has 3 aliphatic rings. The zero-order valence-electron chi connectivity index (χ0n) is 17.4. The molecule has 0 bridgehead atoms. The van der Waals surface area contributed by atoms with E-state index in [1.54, 1.807) is 0 Å². The second-order valence-electron chi connectivity index (χ2n) is 9.34. The Balaban J connectivity index is 1.67. The van der Waals surface area contributed by atoms with Gasteiger partial charge >= 0.3 is 0 Å². The first-order valence-electron chi connectivity index (χ1n) is 10.8. The number of amides is 2. The van der Waals surface area contributed by atoms with Crippen LogP contribution < -0.4 is 5.32 Å². The predicted octanol–water partition coefficient (Wildman–Crippen LogP) is 1.89. The van der Waals surface area contributed by atoms with Crippen molar-refractivity contribution >= 4 is 11.8 Å². The Hall–Kier alpha value is -1.14. The number of carbonyl (C=O) groups excluding carboxylic acids is 2. The number of nitrogens with one attached hydrogen (secondary N) is 1. The summed E-state index contributed by atoms with van der Waals surface area (Å²) in [5.41, 5.74) is 0. The van der Waals surface area contributed by atoms with Crippen molar-refractivity contribution in [1.29, 1.82) is 0 Å².